The molecule has 0 saturated carbocycles. The highest BCUT2D eigenvalue weighted by molar-refractivity contribution is 6.02. The van der Waals surface area contributed by atoms with Gasteiger partial charge in [-0.3, -0.25) is 4.79 Å². The van der Waals surface area contributed by atoms with E-state index in [1.165, 1.54) is 24.9 Å². The fraction of sp³-hybridized carbons (Fsp3) is 0.200. The third kappa shape index (κ3) is 3.21. The Hall–Kier alpha value is -3.40. The van der Waals surface area contributed by atoms with E-state index in [0.717, 1.165) is 47.0 Å². The number of nitrogens with one attached hydrogen (secondary N) is 1. The molecule has 0 radical (unpaired) electrons. The standard InChI is InChI=1S/C25H22N2O2/c26-19-8-10-21-23(14-19)29-24-15-20(27-12-2-1-3-13-27)9-11-22(24)25(21)18-6-4-17(16-28)5-7-18/h4-11,14-16,26H,1-3,12-13H2. The molecule has 29 heavy (non-hydrogen) atoms. The van der Waals surface area contributed by atoms with Gasteiger partial charge in [0.05, 0.1) is 5.36 Å². The van der Waals surface area contributed by atoms with Crippen molar-refractivity contribution in [3.63, 3.8) is 0 Å². The second kappa shape index (κ2) is 7.21. The first-order valence-electron chi connectivity index (χ1n) is 10.1. The minimum Gasteiger partial charge on any atom is -0.456 e. The third-order valence-electron chi connectivity index (χ3n) is 5.76. The zero-order valence-electron chi connectivity index (χ0n) is 16.2. The number of rotatable bonds is 3. The van der Waals surface area contributed by atoms with Crippen molar-refractivity contribution in [2.75, 3.05) is 18.0 Å². The summed E-state index contributed by atoms with van der Waals surface area (Å²) >= 11 is 0. The number of carbonyl (C=O) groups excluding carboxylic acids is 1. The van der Waals surface area contributed by atoms with E-state index in [1.54, 1.807) is 12.1 Å². The molecule has 4 nitrogen and oxygen atoms in total. The molecule has 0 aromatic heterocycles. The molecule has 0 amide bonds. The first-order chi connectivity index (χ1) is 14.2. The number of anilines is 1. The number of hydrogen-bond donors (Lipinski definition) is 1. The fourth-order valence-electron chi connectivity index (χ4n) is 4.27. The van der Waals surface area contributed by atoms with Gasteiger partial charge in [0.1, 0.15) is 17.6 Å². The first-order valence-corrected chi connectivity index (χ1v) is 10.1. The van der Waals surface area contributed by atoms with Crippen LogP contribution in [0.15, 0.2) is 65.1 Å². The van der Waals surface area contributed by atoms with Crippen LogP contribution in [-0.2, 0) is 0 Å². The van der Waals surface area contributed by atoms with Gasteiger partial charge in [0.25, 0.3) is 0 Å². The maximum atomic E-state index is 11.1. The van der Waals surface area contributed by atoms with E-state index < -0.39 is 0 Å². The van der Waals surface area contributed by atoms with Gasteiger partial charge in [-0.25, -0.2) is 0 Å². The summed E-state index contributed by atoms with van der Waals surface area (Å²) in [6.07, 6.45) is 4.61. The molecule has 1 aliphatic carbocycles. The number of nitrogens with zero attached hydrogens (tertiary/aromatic N) is 1. The smallest absolute Gasteiger partial charge is 0.150 e. The minimum absolute atomic E-state index is 0.426. The highest BCUT2D eigenvalue weighted by atomic mass is 16.3. The summed E-state index contributed by atoms with van der Waals surface area (Å²) in [6.45, 7) is 2.16. The number of hydrogen-bond acceptors (Lipinski definition) is 4. The van der Waals surface area contributed by atoms with Gasteiger partial charge >= 0.3 is 0 Å². The lowest BCUT2D eigenvalue weighted by Crippen LogP contribution is -2.29. The molecule has 1 fully saturated rings. The first kappa shape index (κ1) is 17.7. The molecule has 2 aliphatic heterocycles. The van der Waals surface area contributed by atoms with Crippen molar-refractivity contribution in [1.82, 2.24) is 0 Å². The Morgan fingerprint density at radius 3 is 2.45 bits per heavy atom. The Bertz CT molecular complexity index is 1220. The van der Waals surface area contributed by atoms with Crippen LogP contribution in [0.2, 0.25) is 0 Å². The van der Waals surface area contributed by atoms with Crippen LogP contribution in [0.3, 0.4) is 0 Å². The van der Waals surface area contributed by atoms with E-state index in [2.05, 4.69) is 23.1 Å². The topological polar surface area (TPSA) is 57.3 Å². The van der Waals surface area contributed by atoms with E-state index in [-0.39, 0.29) is 0 Å². The number of aldehydes is 1. The van der Waals surface area contributed by atoms with Crippen LogP contribution < -0.4 is 10.3 Å². The molecule has 144 valence electrons. The van der Waals surface area contributed by atoms with Gasteiger partial charge in [-0.1, -0.05) is 24.3 Å². The Balaban J connectivity index is 1.75. The fourth-order valence-corrected chi connectivity index (χ4v) is 4.27. The lowest BCUT2D eigenvalue weighted by atomic mass is 9.93. The van der Waals surface area contributed by atoms with Gasteiger partial charge < -0.3 is 14.7 Å². The average molecular weight is 382 g/mol. The predicted octanol–water partition coefficient (Wildman–Crippen LogP) is 5.49. The van der Waals surface area contributed by atoms with Gasteiger partial charge in [-0.2, -0.15) is 0 Å². The maximum Gasteiger partial charge on any atom is 0.150 e. The second-order valence-corrected chi connectivity index (χ2v) is 7.66. The molecule has 1 saturated heterocycles. The van der Waals surface area contributed by atoms with Gasteiger partial charge in [0.2, 0.25) is 0 Å². The lowest BCUT2D eigenvalue weighted by molar-refractivity contribution is 0.112. The molecule has 5 rings (SSSR count). The number of benzene rings is 3. The lowest BCUT2D eigenvalue weighted by Gasteiger charge is -2.29. The van der Waals surface area contributed by atoms with Crippen molar-refractivity contribution >= 4 is 22.9 Å². The zero-order valence-corrected chi connectivity index (χ0v) is 16.2. The quantitative estimate of drug-likeness (QED) is 0.377. The molecular formula is C25H22N2O2. The second-order valence-electron chi connectivity index (χ2n) is 7.66. The van der Waals surface area contributed by atoms with Crippen molar-refractivity contribution < 1.29 is 9.21 Å². The SMILES string of the molecule is N=c1ccc2c(-c3ccc(C=O)cc3)c3ccc(N4CCCCC4)cc3oc-2c1. The summed E-state index contributed by atoms with van der Waals surface area (Å²) in [5, 5.41) is 9.47. The number of fused-ring (bicyclic) bond motifs is 2. The average Bonchev–Trinajstić information content (AvgIpc) is 2.77. The largest absolute Gasteiger partial charge is 0.456 e. The zero-order chi connectivity index (χ0) is 19.8. The highest BCUT2D eigenvalue weighted by Gasteiger charge is 2.18. The summed E-state index contributed by atoms with van der Waals surface area (Å²) in [7, 11) is 0. The summed E-state index contributed by atoms with van der Waals surface area (Å²) in [5.41, 5.74) is 5.74. The van der Waals surface area contributed by atoms with Gasteiger partial charge in [0, 0.05) is 53.0 Å². The Kier molecular flexibility index (Phi) is 4.39. The van der Waals surface area contributed by atoms with Gasteiger partial charge in [0.15, 0.2) is 0 Å². The van der Waals surface area contributed by atoms with Gasteiger partial charge in [-0.05, 0) is 49.1 Å². The Morgan fingerprint density at radius 1 is 0.897 bits per heavy atom. The molecule has 2 aromatic carbocycles. The van der Waals surface area contributed by atoms with Gasteiger partial charge in [-0.15, -0.1) is 0 Å². The minimum atomic E-state index is 0.426. The van der Waals surface area contributed by atoms with Crippen LogP contribution in [0.1, 0.15) is 29.6 Å². The monoisotopic (exact) mass is 382 g/mol. The highest BCUT2D eigenvalue weighted by Crippen LogP contribution is 2.41. The van der Waals surface area contributed by atoms with E-state index >= 15 is 0 Å². The Labute approximate surface area is 169 Å². The summed E-state index contributed by atoms with van der Waals surface area (Å²) in [4.78, 5) is 13.5. The predicted molar refractivity (Wildman–Crippen MR) is 116 cm³/mol. The van der Waals surface area contributed by atoms with Crippen LogP contribution in [0.25, 0.3) is 33.4 Å². The van der Waals surface area contributed by atoms with Crippen molar-refractivity contribution in [3.05, 3.63) is 71.6 Å². The summed E-state index contributed by atoms with van der Waals surface area (Å²) in [5.74, 6) is 0.704. The molecule has 2 heterocycles. The van der Waals surface area contributed by atoms with Crippen LogP contribution in [0.4, 0.5) is 5.69 Å². The van der Waals surface area contributed by atoms with E-state index in [0.29, 0.717) is 16.7 Å². The van der Waals surface area contributed by atoms with Crippen molar-refractivity contribution in [1.29, 1.82) is 5.41 Å². The van der Waals surface area contributed by atoms with E-state index in [1.807, 2.05) is 30.3 Å². The molecule has 2 aromatic rings. The van der Waals surface area contributed by atoms with Crippen LogP contribution in [0.5, 0.6) is 0 Å². The Morgan fingerprint density at radius 2 is 1.69 bits per heavy atom. The molecule has 1 N–H and O–H groups in total. The van der Waals surface area contributed by atoms with Crippen molar-refractivity contribution in [2.24, 2.45) is 0 Å². The maximum absolute atomic E-state index is 11.1. The number of piperidine rings is 1. The van der Waals surface area contributed by atoms with E-state index in [4.69, 9.17) is 9.83 Å². The molecule has 0 bridgehead atoms. The number of carbonyl (C=O) groups is 1. The molecule has 0 spiro atoms. The van der Waals surface area contributed by atoms with Crippen molar-refractivity contribution in [2.45, 2.75) is 19.3 Å². The molecule has 0 atom stereocenters. The third-order valence-corrected chi connectivity index (χ3v) is 5.76. The van der Waals surface area contributed by atoms with E-state index in [9.17, 15) is 4.79 Å². The van der Waals surface area contributed by atoms with Crippen LogP contribution in [0, 0.1) is 5.41 Å². The molecule has 3 aliphatic rings. The normalized spacial score (nSPS) is 14.4. The van der Waals surface area contributed by atoms with Crippen molar-refractivity contribution in [3.8, 4) is 22.5 Å². The summed E-state index contributed by atoms with van der Waals surface area (Å²) in [6, 6.07) is 19.6. The molecular weight excluding hydrogens is 360 g/mol. The summed E-state index contributed by atoms with van der Waals surface area (Å²) < 4.78 is 6.26. The van der Waals surface area contributed by atoms with Crippen LogP contribution in [-0.4, -0.2) is 19.4 Å². The molecule has 4 heteroatoms. The van der Waals surface area contributed by atoms with Crippen LogP contribution >= 0.6 is 0 Å². The molecule has 0 unspecified atom stereocenters.